The van der Waals surface area contributed by atoms with Crippen LogP contribution in [0.15, 0.2) is 132 Å². The molecule has 4 heterocycles. The number of rotatable bonds is 3. The van der Waals surface area contributed by atoms with E-state index in [2.05, 4.69) is 126 Å². The first-order valence-corrected chi connectivity index (χ1v) is 16.4. The molecule has 2 aliphatic carbocycles. The molecule has 0 amide bonds. The summed E-state index contributed by atoms with van der Waals surface area (Å²) in [5, 5.41) is 2.41. The van der Waals surface area contributed by atoms with Crippen LogP contribution in [0.5, 0.6) is 0 Å². The normalized spacial score (nSPS) is 18.4. The molecule has 3 aromatic heterocycles. The fourth-order valence-electron chi connectivity index (χ4n) is 7.58. The predicted molar refractivity (Wildman–Crippen MR) is 185 cm³/mol. The zero-order chi connectivity index (χ0) is 29.5. The smallest absolute Gasteiger partial charge is 0.196 e. The van der Waals surface area contributed by atoms with Gasteiger partial charge in [0.25, 0.3) is 0 Å². The number of allylic oxidation sites excluding steroid dienone is 3. The minimum absolute atomic E-state index is 0.146. The quantitative estimate of drug-likeness (QED) is 0.203. The molecule has 0 spiro atoms. The molecule has 4 aromatic carbocycles. The van der Waals surface area contributed by atoms with E-state index in [9.17, 15) is 0 Å². The molecule has 1 aliphatic heterocycles. The van der Waals surface area contributed by atoms with Crippen molar-refractivity contribution < 1.29 is 4.42 Å². The Labute approximate surface area is 264 Å². The van der Waals surface area contributed by atoms with Crippen LogP contribution in [0.4, 0.5) is 11.5 Å². The van der Waals surface area contributed by atoms with Crippen LogP contribution < -0.4 is 4.90 Å². The van der Waals surface area contributed by atoms with E-state index in [1.54, 1.807) is 6.33 Å². The Bertz CT molecular complexity index is 2430. The van der Waals surface area contributed by atoms with Crippen LogP contribution in [-0.2, 0) is 6.42 Å². The first kappa shape index (κ1) is 25.1. The van der Waals surface area contributed by atoms with Crippen LogP contribution >= 0.6 is 11.3 Å². The minimum Gasteiger partial charge on any atom is -0.450 e. The van der Waals surface area contributed by atoms with Crippen molar-refractivity contribution in [1.82, 2.24) is 9.97 Å². The van der Waals surface area contributed by atoms with E-state index in [0.717, 1.165) is 46.3 Å². The molecule has 10 rings (SSSR count). The Kier molecular flexibility index (Phi) is 5.37. The number of nitrogens with zero attached hydrogens (tertiary/aromatic N) is 3. The number of anilines is 2. The lowest BCUT2D eigenvalue weighted by Crippen LogP contribution is -2.29. The van der Waals surface area contributed by atoms with Crippen LogP contribution in [0.25, 0.3) is 48.9 Å². The van der Waals surface area contributed by atoms with Gasteiger partial charge in [-0.2, -0.15) is 0 Å². The Morgan fingerprint density at radius 3 is 2.64 bits per heavy atom. The average Bonchev–Trinajstić information content (AvgIpc) is 3.78. The largest absolute Gasteiger partial charge is 0.450 e. The Hall–Kier alpha value is -5.26. The maximum atomic E-state index is 6.55. The summed E-state index contributed by atoms with van der Waals surface area (Å²) in [5.41, 5.74) is 11.3. The van der Waals surface area contributed by atoms with Gasteiger partial charge >= 0.3 is 0 Å². The highest BCUT2D eigenvalue weighted by atomic mass is 32.1. The summed E-state index contributed by atoms with van der Waals surface area (Å²) in [5.74, 6) is 1.09. The van der Waals surface area contributed by atoms with E-state index in [-0.39, 0.29) is 12.0 Å². The Morgan fingerprint density at radius 2 is 1.64 bits per heavy atom. The van der Waals surface area contributed by atoms with Crippen LogP contribution in [-0.4, -0.2) is 16.0 Å². The van der Waals surface area contributed by atoms with Crippen LogP contribution in [0.2, 0.25) is 0 Å². The first-order chi connectivity index (χ1) is 22.3. The maximum absolute atomic E-state index is 6.55. The van der Waals surface area contributed by atoms with E-state index in [1.165, 1.54) is 48.5 Å². The number of aromatic nitrogens is 2. The van der Waals surface area contributed by atoms with Gasteiger partial charge in [-0.25, -0.2) is 9.97 Å². The monoisotopic (exact) mass is 597 g/mol. The van der Waals surface area contributed by atoms with Crippen molar-refractivity contribution in [1.29, 1.82) is 0 Å². The molecule has 45 heavy (non-hydrogen) atoms. The zero-order valence-corrected chi connectivity index (χ0v) is 25.2. The second kappa shape index (κ2) is 9.62. The number of aryl methyl sites for hydroxylation is 1. The molecule has 7 aromatic rings. The molecular formula is C40H27N3OS. The van der Waals surface area contributed by atoms with E-state index in [1.807, 2.05) is 11.3 Å². The van der Waals surface area contributed by atoms with Crippen molar-refractivity contribution in [3.8, 4) is 11.1 Å². The molecular weight excluding hydrogens is 571 g/mol. The highest BCUT2D eigenvalue weighted by Gasteiger charge is 2.39. The van der Waals surface area contributed by atoms with Gasteiger partial charge in [-0.1, -0.05) is 91.0 Å². The second-order valence-electron chi connectivity index (χ2n) is 12.0. The Morgan fingerprint density at radius 1 is 0.778 bits per heavy atom. The van der Waals surface area contributed by atoms with E-state index in [4.69, 9.17) is 14.4 Å². The van der Waals surface area contributed by atoms with Crippen molar-refractivity contribution in [3.05, 3.63) is 149 Å². The van der Waals surface area contributed by atoms with Crippen molar-refractivity contribution in [2.75, 3.05) is 4.90 Å². The predicted octanol–water partition coefficient (Wildman–Crippen LogP) is 10.4. The molecule has 0 N–H and O–H groups in total. The van der Waals surface area contributed by atoms with Gasteiger partial charge in [-0.05, 0) is 82.0 Å². The van der Waals surface area contributed by atoms with E-state index >= 15 is 0 Å². The van der Waals surface area contributed by atoms with Crippen LogP contribution in [0.3, 0.4) is 0 Å². The lowest BCUT2D eigenvalue weighted by atomic mass is 9.90. The SMILES string of the molecule is C1=CC2c3ccccc3N(c3ncnc4c3oc3ccc(-c5cccc(C6=CCCc7c6sc6ccccc76)c5)cc34)C2C=C1. The summed E-state index contributed by atoms with van der Waals surface area (Å²) in [7, 11) is 0. The molecule has 0 saturated heterocycles. The van der Waals surface area contributed by atoms with E-state index in [0.29, 0.717) is 0 Å². The average molecular weight is 598 g/mol. The summed E-state index contributed by atoms with van der Waals surface area (Å²) >= 11 is 1.92. The number of thiophene rings is 1. The van der Waals surface area contributed by atoms with Gasteiger partial charge in [0.15, 0.2) is 11.4 Å². The number of hydrogen-bond donors (Lipinski definition) is 0. The number of furan rings is 1. The molecule has 3 aliphatic rings. The van der Waals surface area contributed by atoms with Crippen LogP contribution in [0, 0.1) is 0 Å². The molecule has 214 valence electrons. The van der Waals surface area contributed by atoms with Crippen molar-refractivity contribution >= 4 is 60.6 Å². The lowest BCUT2D eigenvalue weighted by Gasteiger charge is -2.27. The number of para-hydroxylation sites is 1. The highest BCUT2D eigenvalue weighted by Crippen LogP contribution is 2.49. The standard InChI is InChI=1S/C40H27N3OS/c1-4-16-33-28(11-1)29-12-2-5-17-34(29)43(33)40-38-37(41-23-42-40)32-22-25(19-20-35(32)44-38)24-9-7-10-26(21-24)27-14-8-15-31-30-13-3-6-18-36(30)45-39(27)31/h1-7,9-14,16-23,28,33H,8,15H2. The molecule has 0 saturated carbocycles. The van der Waals surface area contributed by atoms with Crippen molar-refractivity contribution in [2.45, 2.75) is 24.8 Å². The number of hydrogen-bond acceptors (Lipinski definition) is 5. The summed E-state index contributed by atoms with van der Waals surface area (Å²) in [6.07, 6.45) is 15.1. The van der Waals surface area contributed by atoms with Gasteiger partial charge in [0.1, 0.15) is 17.4 Å². The van der Waals surface area contributed by atoms with Gasteiger partial charge < -0.3 is 9.32 Å². The molecule has 5 heteroatoms. The molecule has 0 bridgehead atoms. The third kappa shape index (κ3) is 3.71. The summed E-state index contributed by atoms with van der Waals surface area (Å²) in [4.78, 5) is 13.3. The Balaban J connectivity index is 1.07. The number of benzene rings is 4. The van der Waals surface area contributed by atoms with E-state index < -0.39 is 0 Å². The van der Waals surface area contributed by atoms with Crippen molar-refractivity contribution in [3.63, 3.8) is 0 Å². The molecule has 0 fully saturated rings. The van der Waals surface area contributed by atoms with Crippen molar-refractivity contribution in [2.24, 2.45) is 0 Å². The first-order valence-electron chi connectivity index (χ1n) is 15.5. The molecule has 2 atom stereocenters. The lowest BCUT2D eigenvalue weighted by molar-refractivity contribution is 0.659. The third-order valence-electron chi connectivity index (χ3n) is 9.61. The zero-order valence-electron chi connectivity index (χ0n) is 24.4. The third-order valence-corrected chi connectivity index (χ3v) is 10.9. The van der Waals surface area contributed by atoms with Gasteiger partial charge in [0.05, 0.1) is 6.04 Å². The summed E-state index contributed by atoms with van der Waals surface area (Å²) in [6.45, 7) is 0. The maximum Gasteiger partial charge on any atom is 0.196 e. The molecule has 4 nitrogen and oxygen atoms in total. The highest BCUT2D eigenvalue weighted by molar-refractivity contribution is 7.20. The molecule has 2 unspecified atom stereocenters. The minimum atomic E-state index is 0.146. The molecule has 0 radical (unpaired) electrons. The van der Waals surface area contributed by atoms with Crippen LogP contribution in [0.1, 0.15) is 33.9 Å². The van der Waals surface area contributed by atoms with Gasteiger partial charge in [-0.15, -0.1) is 11.3 Å². The summed E-state index contributed by atoms with van der Waals surface area (Å²) in [6, 6.07) is 33.0. The summed E-state index contributed by atoms with van der Waals surface area (Å²) < 4.78 is 7.92. The number of fused-ring (bicyclic) bond motifs is 9. The van der Waals surface area contributed by atoms with Gasteiger partial charge in [0.2, 0.25) is 0 Å². The van der Waals surface area contributed by atoms with Gasteiger partial charge in [-0.3, -0.25) is 0 Å². The second-order valence-corrected chi connectivity index (χ2v) is 13.1. The fourth-order valence-corrected chi connectivity index (χ4v) is 8.90. The topological polar surface area (TPSA) is 42.2 Å². The fraction of sp³-hybridized carbons (Fsp3) is 0.100. The van der Waals surface area contributed by atoms with Gasteiger partial charge in [0, 0.05) is 26.6 Å².